The van der Waals surface area contributed by atoms with E-state index in [1.807, 2.05) is 13.8 Å². The molecule has 0 fully saturated rings. The fourth-order valence-electron chi connectivity index (χ4n) is 2.14. The number of amides is 2. The van der Waals surface area contributed by atoms with E-state index in [1.165, 1.54) is 18.2 Å². The zero-order valence-corrected chi connectivity index (χ0v) is 12.2. The standard InChI is InChI=1S/C13H16N2O4S/c1-3-14(4-2)9-12(16)15-13(17)10-7-5-6-8-11(10)20(15,18)19/h5-8H,3-4,9H2,1-2H3. The summed E-state index contributed by atoms with van der Waals surface area (Å²) in [5, 5.41) is 0. The van der Waals surface area contributed by atoms with Crippen molar-refractivity contribution in [1.29, 1.82) is 0 Å². The van der Waals surface area contributed by atoms with Gasteiger partial charge in [0, 0.05) is 0 Å². The Bertz CT molecular complexity index is 650. The molecule has 0 radical (unpaired) electrons. The number of rotatable bonds is 4. The van der Waals surface area contributed by atoms with E-state index in [0.29, 0.717) is 17.4 Å². The Kier molecular flexibility index (Phi) is 3.92. The second kappa shape index (κ2) is 5.34. The first-order valence-electron chi connectivity index (χ1n) is 6.37. The molecule has 0 saturated carbocycles. The quantitative estimate of drug-likeness (QED) is 0.817. The van der Waals surface area contributed by atoms with E-state index in [-0.39, 0.29) is 17.0 Å². The molecule has 7 heteroatoms. The number of hydrogen-bond donors (Lipinski definition) is 0. The number of fused-ring (bicyclic) bond motifs is 1. The van der Waals surface area contributed by atoms with Gasteiger partial charge in [0.2, 0.25) is 0 Å². The van der Waals surface area contributed by atoms with Crippen LogP contribution in [-0.2, 0) is 14.8 Å². The lowest BCUT2D eigenvalue weighted by molar-refractivity contribution is -0.125. The van der Waals surface area contributed by atoms with Crippen LogP contribution in [0.1, 0.15) is 24.2 Å². The molecule has 108 valence electrons. The second-order valence-electron chi connectivity index (χ2n) is 4.43. The Labute approximate surface area is 118 Å². The fraction of sp³-hybridized carbons (Fsp3) is 0.385. The predicted molar refractivity (Wildman–Crippen MR) is 72.6 cm³/mol. The van der Waals surface area contributed by atoms with Crippen LogP contribution in [0.15, 0.2) is 29.2 Å². The number of benzene rings is 1. The lowest BCUT2D eigenvalue weighted by Crippen LogP contribution is -2.43. The van der Waals surface area contributed by atoms with Crippen LogP contribution in [0.3, 0.4) is 0 Å². The maximum atomic E-state index is 12.3. The molecular formula is C13H16N2O4S. The topological polar surface area (TPSA) is 74.8 Å². The Morgan fingerprint density at radius 1 is 1.20 bits per heavy atom. The molecule has 2 amide bonds. The van der Waals surface area contributed by atoms with Gasteiger partial charge < -0.3 is 0 Å². The average Bonchev–Trinajstić information content (AvgIpc) is 2.64. The van der Waals surface area contributed by atoms with Crippen LogP contribution in [0.4, 0.5) is 0 Å². The van der Waals surface area contributed by atoms with Crippen molar-refractivity contribution in [2.24, 2.45) is 0 Å². The minimum absolute atomic E-state index is 0.0559. The second-order valence-corrected chi connectivity index (χ2v) is 6.18. The van der Waals surface area contributed by atoms with Crippen molar-refractivity contribution in [1.82, 2.24) is 9.21 Å². The zero-order chi connectivity index (χ0) is 14.9. The van der Waals surface area contributed by atoms with Crippen LogP contribution >= 0.6 is 0 Å². The molecule has 1 aromatic rings. The van der Waals surface area contributed by atoms with Crippen LogP contribution in [0, 0.1) is 0 Å². The summed E-state index contributed by atoms with van der Waals surface area (Å²) in [6, 6.07) is 5.86. The van der Waals surface area contributed by atoms with Gasteiger partial charge in [0.05, 0.1) is 12.1 Å². The third-order valence-electron chi connectivity index (χ3n) is 3.30. The van der Waals surface area contributed by atoms with Gasteiger partial charge in [-0.15, -0.1) is 0 Å². The molecule has 0 aromatic heterocycles. The smallest absolute Gasteiger partial charge is 0.276 e. The van der Waals surface area contributed by atoms with Gasteiger partial charge in [-0.05, 0) is 25.2 Å². The number of carbonyl (C=O) groups is 2. The molecule has 0 saturated heterocycles. The highest BCUT2D eigenvalue weighted by molar-refractivity contribution is 7.90. The van der Waals surface area contributed by atoms with Crippen LogP contribution in [-0.4, -0.2) is 49.1 Å². The van der Waals surface area contributed by atoms with Crippen molar-refractivity contribution in [2.75, 3.05) is 19.6 Å². The summed E-state index contributed by atoms with van der Waals surface area (Å²) in [4.78, 5) is 25.9. The summed E-state index contributed by atoms with van der Waals surface area (Å²) in [5.41, 5.74) is 0.0559. The molecule has 0 bridgehead atoms. The number of sulfonamides is 1. The highest BCUT2D eigenvalue weighted by atomic mass is 32.2. The molecule has 0 N–H and O–H groups in total. The molecule has 1 aromatic carbocycles. The number of imide groups is 1. The van der Waals surface area contributed by atoms with E-state index in [0.717, 1.165) is 0 Å². The molecule has 0 spiro atoms. The van der Waals surface area contributed by atoms with E-state index in [4.69, 9.17) is 0 Å². The zero-order valence-electron chi connectivity index (χ0n) is 11.4. The SMILES string of the molecule is CCN(CC)CC(=O)N1C(=O)c2ccccc2S1(=O)=O. The minimum Gasteiger partial charge on any atom is -0.295 e. The monoisotopic (exact) mass is 296 g/mol. The molecule has 20 heavy (non-hydrogen) atoms. The van der Waals surface area contributed by atoms with Crippen LogP contribution in [0.2, 0.25) is 0 Å². The maximum Gasteiger partial charge on any atom is 0.276 e. The van der Waals surface area contributed by atoms with E-state index >= 15 is 0 Å². The molecule has 2 rings (SSSR count). The molecule has 0 unspecified atom stereocenters. The van der Waals surface area contributed by atoms with Gasteiger partial charge in [-0.2, -0.15) is 4.31 Å². The van der Waals surface area contributed by atoms with Crippen molar-refractivity contribution in [2.45, 2.75) is 18.7 Å². The Hall–Kier alpha value is -1.73. The number of nitrogens with zero attached hydrogens (tertiary/aromatic N) is 2. The van der Waals surface area contributed by atoms with Gasteiger partial charge in [-0.25, -0.2) is 8.42 Å². The molecular weight excluding hydrogens is 280 g/mol. The molecule has 1 aliphatic rings. The van der Waals surface area contributed by atoms with Crippen LogP contribution in [0.5, 0.6) is 0 Å². The van der Waals surface area contributed by atoms with Crippen molar-refractivity contribution in [3.05, 3.63) is 29.8 Å². The van der Waals surface area contributed by atoms with Crippen molar-refractivity contribution in [3.63, 3.8) is 0 Å². The number of likely N-dealkylation sites (N-methyl/N-ethyl adjacent to an activating group) is 1. The van der Waals surface area contributed by atoms with E-state index in [2.05, 4.69) is 0 Å². The lowest BCUT2D eigenvalue weighted by Gasteiger charge is -2.20. The van der Waals surface area contributed by atoms with Gasteiger partial charge in [-0.1, -0.05) is 26.0 Å². The van der Waals surface area contributed by atoms with Gasteiger partial charge in [0.15, 0.2) is 0 Å². The van der Waals surface area contributed by atoms with Gasteiger partial charge in [-0.3, -0.25) is 14.5 Å². The highest BCUT2D eigenvalue weighted by Gasteiger charge is 2.44. The third-order valence-corrected chi connectivity index (χ3v) is 5.06. The maximum absolute atomic E-state index is 12.3. The summed E-state index contributed by atoms with van der Waals surface area (Å²) in [7, 11) is -4.05. The van der Waals surface area contributed by atoms with Gasteiger partial charge >= 0.3 is 0 Å². The van der Waals surface area contributed by atoms with Crippen LogP contribution in [0.25, 0.3) is 0 Å². The highest BCUT2D eigenvalue weighted by Crippen LogP contribution is 2.29. The van der Waals surface area contributed by atoms with Crippen molar-refractivity contribution < 1.29 is 18.0 Å². The molecule has 1 heterocycles. The summed E-state index contributed by atoms with van der Waals surface area (Å²) in [5.74, 6) is -1.48. The van der Waals surface area contributed by atoms with Crippen molar-refractivity contribution in [3.8, 4) is 0 Å². The first-order valence-corrected chi connectivity index (χ1v) is 7.81. The van der Waals surface area contributed by atoms with Crippen molar-refractivity contribution >= 4 is 21.8 Å². The first kappa shape index (κ1) is 14.7. The Morgan fingerprint density at radius 2 is 1.80 bits per heavy atom. The van der Waals surface area contributed by atoms with E-state index < -0.39 is 21.8 Å². The van der Waals surface area contributed by atoms with E-state index in [1.54, 1.807) is 11.0 Å². The number of hydrogen-bond acceptors (Lipinski definition) is 5. The van der Waals surface area contributed by atoms with E-state index in [9.17, 15) is 18.0 Å². The largest absolute Gasteiger partial charge is 0.295 e. The summed E-state index contributed by atoms with van der Waals surface area (Å²) >= 11 is 0. The predicted octanol–water partition coefficient (Wildman–Crippen LogP) is 0.700. The summed E-state index contributed by atoms with van der Waals surface area (Å²) < 4.78 is 24.9. The summed E-state index contributed by atoms with van der Waals surface area (Å²) in [6.07, 6.45) is 0. The molecule has 6 nitrogen and oxygen atoms in total. The third kappa shape index (κ3) is 2.23. The fourth-order valence-corrected chi connectivity index (χ4v) is 3.66. The first-order chi connectivity index (χ1) is 9.43. The van der Waals surface area contributed by atoms with Crippen LogP contribution < -0.4 is 0 Å². The lowest BCUT2D eigenvalue weighted by atomic mass is 10.2. The average molecular weight is 296 g/mol. The Morgan fingerprint density at radius 3 is 2.35 bits per heavy atom. The minimum atomic E-state index is -4.05. The molecule has 0 atom stereocenters. The Balaban J connectivity index is 2.36. The summed E-state index contributed by atoms with van der Waals surface area (Å²) in [6.45, 7) is 4.86. The number of carbonyl (C=O) groups excluding carboxylic acids is 2. The van der Waals surface area contributed by atoms with Gasteiger partial charge in [0.1, 0.15) is 4.90 Å². The normalized spacial score (nSPS) is 16.6. The van der Waals surface area contributed by atoms with Gasteiger partial charge in [0.25, 0.3) is 21.8 Å². The molecule has 1 aliphatic heterocycles. The molecule has 0 aliphatic carbocycles.